The number of fused-ring (bicyclic) bond motifs is 1. The molecule has 7 heteroatoms. The molecule has 4 rings (SSSR count). The molecule has 1 saturated heterocycles. The maximum atomic E-state index is 12.3. The molecule has 0 amide bonds. The van der Waals surface area contributed by atoms with Gasteiger partial charge in [0.2, 0.25) is 10.1 Å². The highest BCUT2D eigenvalue weighted by Gasteiger charge is 2.22. The summed E-state index contributed by atoms with van der Waals surface area (Å²) >= 11 is 1.51. The molecule has 1 fully saturated rings. The highest BCUT2D eigenvalue weighted by Crippen LogP contribution is 2.26. The molecular formula is C20H25N5OS. The zero-order valence-corrected chi connectivity index (χ0v) is 16.6. The number of piperidine rings is 1. The first-order valence-electron chi connectivity index (χ1n) is 9.60. The highest BCUT2D eigenvalue weighted by atomic mass is 32.1. The van der Waals surface area contributed by atoms with E-state index in [4.69, 9.17) is 0 Å². The second-order valence-corrected chi connectivity index (χ2v) is 8.12. The molecule has 0 bridgehead atoms. The number of aryl methyl sites for hydroxylation is 2. The van der Waals surface area contributed by atoms with Gasteiger partial charge in [-0.3, -0.25) is 4.79 Å². The maximum absolute atomic E-state index is 12.3. The van der Waals surface area contributed by atoms with E-state index < -0.39 is 0 Å². The van der Waals surface area contributed by atoms with Crippen molar-refractivity contribution in [2.75, 3.05) is 23.3 Å². The maximum Gasteiger partial charge on any atom is 0.275 e. The standard InChI is InChI=1S/C20H25N5OS/c1-3-5-16-13-18(26)25-19(22-16)27-20(23-25)24-10-8-15(9-11-24)21-17-7-4-6-14(2)12-17/h4,6-7,12-13,15,21H,3,5,8-11H2,1-2H3. The summed E-state index contributed by atoms with van der Waals surface area (Å²) in [7, 11) is 0. The van der Waals surface area contributed by atoms with Crippen LogP contribution in [-0.2, 0) is 6.42 Å². The number of anilines is 2. The van der Waals surface area contributed by atoms with Crippen molar-refractivity contribution in [3.63, 3.8) is 0 Å². The average molecular weight is 384 g/mol. The summed E-state index contributed by atoms with van der Waals surface area (Å²) in [6, 6.07) is 10.6. The van der Waals surface area contributed by atoms with Gasteiger partial charge in [-0.05, 0) is 43.9 Å². The fourth-order valence-electron chi connectivity index (χ4n) is 3.54. The minimum absolute atomic E-state index is 0.0815. The Bertz CT molecular complexity index is 987. The predicted molar refractivity (Wildman–Crippen MR) is 111 cm³/mol. The molecule has 2 aromatic heterocycles. The van der Waals surface area contributed by atoms with Crippen molar-refractivity contribution >= 4 is 27.1 Å². The summed E-state index contributed by atoms with van der Waals surface area (Å²) in [5.74, 6) is 0. The Kier molecular flexibility index (Phi) is 5.11. The summed E-state index contributed by atoms with van der Waals surface area (Å²) in [5.41, 5.74) is 3.24. The van der Waals surface area contributed by atoms with Gasteiger partial charge in [-0.2, -0.15) is 4.52 Å². The molecule has 3 aromatic rings. The van der Waals surface area contributed by atoms with Gasteiger partial charge in [-0.15, -0.1) is 5.10 Å². The van der Waals surface area contributed by atoms with E-state index in [1.165, 1.54) is 27.1 Å². The molecule has 0 saturated carbocycles. The third-order valence-electron chi connectivity index (χ3n) is 4.95. The molecule has 142 valence electrons. The van der Waals surface area contributed by atoms with Crippen LogP contribution in [0.15, 0.2) is 35.1 Å². The molecule has 1 N–H and O–H groups in total. The van der Waals surface area contributed by atoms with Gasteiger partial charge in [0, 0.05) is 36.6 Å². The van der Waals surface area contributed by atoms with E-state index in [9.17, 15) is 4.79 Å². The van der Waals surface area contributed by atoms with Crippen LogP contribution in [0.1, 0.15) is 37.4 Å². The first-order chi connectivity index (χ1) is 13.1. The molecule has 0 atom stereocenters. The van der Waals surface area contributed by atoms with Gasteiger partial charge < -0.3 is 10.2 Å². The van der Waals surface area contributed by atoms with Crippen LogP contribution in [0, 0.1) is 6.92 Å². The number of hydrogen-bond acceptors (Lipinski definition) is 6. The second kappa shape index (κ2) is 7.68. The van der Waals surface area contributed by atoms with Crippen molar-refractivity contribution in [1.29, 1.82) is 0 Å². The normalized spacial score (nSPS) is 15.4. The minimum Gasteiger partial charge on any atom is -0.382 e. The fraction of sp³-hybridized carbons (Fsp3) is 0.450. The van der Waals surface area contributed by atoms with Crippen LogP contribution in [0.4, 0.5) is 10.8 Å². The topological polar surface area (TPSA) is 62.5 Å². The molecule has 3 heterocycles. The summed E-state index contributed by atoms with van der Waals surface area (Å²) in [4.78, 5) is 19.9. The monoisotopic (exact) mass is 383 g/mol. The lowest BCUT2D eigenvalue weighted by molar-refractivity contribution is 0.524. The van der Waals surface area contributed by atoms with E-state index >= 15 is 0 Å². The summed E-state index contributed by atoms with van der Waals surface area (Å²) in [5, 5.41) is 9.05. The van der Waals surface area contributed by atoms with Gasteiger partial charge in [0.25, 0.3) is 5.56 Å². The van der Waals surface area contributed by atoms with E-state index in [1.54, 1.807) is 6.07 Å². The van der Waals surface area contributed by atoms with Crippen LogP contribution in [0.3, 0.4) is 0 Å². The molecule has 6 nitrogen and oxygen atoms in total. The Hall–Kier alpha value is -2.41. The lowest BCUT2D eigenvalue weighted by Crippen LogP contribution is -2.39. The minimum atomic E-state index is -0.0815. The number of hydrogen-bond donors (Lipinski definition) is 1. The third kappa shape index (κ3) is 3.98. The van der Waals surface area contributed by atoms with Crippen LogP contribution < -0.4 is 15.8 Å². The number of aromatic nitrogens is 3. The van der Waals surface area contributed by atoms with E-state index in [2.05, 4.69) is 58.4 Å². The summed E-state index contributed by atoms with van der Waals surface area (Å²) < 4.78 is 1.44. The Morgan fingerprint density at radius 1 is 1.26 bits per heavy atom. The average Bonchev–Trinajstić information content (AvgIpc) is 3.07. The molecule has 0 aliphatic carbocycles. The molecule has 1 aliphatic heterocycles. The van der Waals surface area contributed by atoms with Gasteiger partial charge in [-0.25, -0.2) is 4.98 Å². The zero-order chi connectivity index (χ0) is 18.8. The quantitative estimate of drug-likeness (QED) is 0.731. The Labute approximate surface area is 162 Å². The van der Waals surface area contributed by atoms with Gasteiger partial charge in [0.1, 0.15) is 0 Å². The van der Waals surface area contributed by atoms with E-state index in [-0.39, 0.29) is 5.56 Å². The zero-order valence-electron chi connectivity index (χ0n) is 15.8. The molecule has 0 radical (unpaired) electrons. The van der Waals surface area contributed by atoms with Gasteiger partial charge in [-0.1, -0.05) is 36.8 Å². The molecule has 27 heavy (non-hydrogen) atoms. The number of nitrogens with one attached hydrogen (secondary N) is 1. The van der Waals surface area contributed by atoms with Crippen LogP contribution >= 0.6 is 11.3 Å². The van der Waals surface area contributed by atoms with Crippen molar-refractivity contribution in [3.05, 3.63) is 51.9 Å². The highest BCUT2D eigenvalue weighted by molar-refractivity contribution is 7.20. The van der Waals surface area contributed by atoms with Crippen molar-refractivity contribution in [2.45, 2.75) is 45.6 Å². The SMILES string of the molecule is CCCc1cc(=O)n2nc(N3CCC(Nc4cccc(C)c4)CC3)sc2n1. The van der Waals surface area contributed by atoms with E-state index in [0.717, 1.165) is 49.6 Å². The largest absolute Gasteiger partial charge is 0.382 e. The predicted octanol–water partition coefficient (Wildman–Crippen LogP) is 3.49. The smallest absolute Gasteiger partial charge is 0.275 e. The van der Waals surface area contributed by atoms with Crippen LogP contribution in [0.25, 0.3) is 4.96 Å². The lowest BCUT2D eigenvalue weighted by atomic mass is 10.0. The third-order valence-corrected chi connectivity index (χ3v) is 5.92. The first-order valence-corrected chi connectivity index (χ1v) is 10.4. The van der Waals surface area contributed by atoms with Gasteiger partial charge >= 0.3 is 0 Å². The van der Waals surface area contributed by atoms with Crippen molar-refractivity contribution in [2.24, 2.45) is 0 Å². The van der Waals surface area contributed by atoms with Crippen molar-refractivity contribution < 1.29 is 0 Å². The fourth-order valence-corrected chi connectivity index (χ4v) is 4.52. The Morgan fingerprint density at radius 3 is 2.81 bits per heavy atom. The Morgan fingerprint density at radius 2 is 2.07 bits per heavy atom. The van der Waals surface area contributed by atoms with Crippen LogP contribution in [-0.4, -0.2) is 33.7 Å². The first kappa shape index (κ1) is 18.0. The lowest BCUT2D eigenvalue weighted by Gasteiger charge is -2.32. The summed E-state index contributed by atoms with van der Waals surface area (Å²) in [6.07, 6.45) is 3.91. The van der Waals surface area contributed by atoms with E-state index in [1.807, 2.05) is 0 Å². The molecule has 0 spiro atoms. The summed E-state index contributed by atoms with van der Waals surface area (Å²) in [6.45, 7) is 6.07. The van der Waals surface area contributed by atoms with Gasteiger partial charge in [0.15, 0.2) is 0 Å². The van der Waals surface area contributed by atoms with Crippen molar-refractivity contribution in [1.82, 2.24) is 14.6 Å². The Balaban J connectivity index is 1.44. The van der Waals surface area contributed by atoms with Crippen molar-refractivity contribution in [3.8, 4) is 0 Å². The number of nitrogens with zero attached hydrogens (tertiary/aromatic N) is 4. The second-order valence-electron chi connectivity index (χ2n) is 7.19. The molecule has 1 aliphatic rings. The number of rotatable bonds is 5. The molecule has 0 unspecified atom stereocenters. The van der Waals surface area contributed by atoms with E-state index in [0.29, 0.717) is 11.0 Å². The van der Waals surface area contributed by atoms with Gasteiger partial charge in [0.05, 0.1) is 0 Å². The number of benzene rings is 1. The molecule has 1 aromatic carbocycles. The molecular weight excluding hydrogens is 358 g/mol. The van der Waals surface area contributed by atoms with Crippen LogP contribution in [0.2, 0.25) is 0 Å². The van der Waals surface area contributed by atoms with Crippen LogP contribution in [0.5, 0.6) is 0 Å².